The number of carboxylic acid groups (broad SMARTS) is 1. The monoisotopic (exact) mass is 256 g/mol. The first-order chi connectivity index (χ1) is 7.56. The van der Waals surface area contributed by atoms with Gasteiger partial charge in [-0.1, -0.05) is 11.3 Å². The van der Waals surface area contributed by atoms with Gasteiger partial charge in [-0.3, -0.25) is 4.79 Å². The van der Waals surface area contributed by atoms with E-state index in [0.717, 1.165) is 20.5 Å². The number of aromatic carboxylic acids is 1. The van der Waals surface area contributed by atoms with Crippen LogP contribution < -0.4 is 4.74 Å². The molecule has 0 fully saturated rings. The van der Waals surface area contributed by atoms with Crippen molar-refractivity contribution >= 4 is 44.5 Å². The fraction of sp³-hybridized carbons (Fsp3) is 0.200. The molecule has 0 amide bonds. The molecule has 2 aromatic heterocycles. The Balaban J connectivity index is 2.69. The maximum Gasteiger partial charge on any atom is 0.346 e. The zero-order valence-electron chi connectivity index (χ0n) is 8.57. The normalized spacial score (nSPS) is 10.6. The van der Waals surface area contributed by atoms with Crippen LogP contribution in [0.4, 0.5) is 0 Å². The molecule has 0 atom stereocenters. The summed E-state index contributed by atoms with van der Waals surface area (Å²) in [4.78, 5) is 21.6. The Labute approximate surface area is 99.1 Å². The number of hydrogen-bond donors (Lipinski definition) is 1. The second kappa shape index (κ2) is 3.88. The van der Waals surface area contributed by atoms with Crippen LogP contribution in [0.2, 0.25) is 0 Å². The number of hydrogen-bond acceptors (Lipinski definition) is 5. The van der Waals surface area contributed by atoms with Crippen LogP contribution >= 0.6 is 22.7 Å². The smallest absolute Gasteiger partial charge is 0.346 e. The van der Waals surface area contributed by atoms with Crippen molar-refractivity contribution in [2.45, 2.75) is 13.8 Å². The molecule has 2 rings (SSSR count). The molecule has 0 bridgehead atoms. The van der Waals surface area contributed by atoms with Gasteiger partial charge in [0, 0.05) is 10.9 Å². The maximum atomic E-state index is 10.9. The maximum absolute atomic E-state index is 10.9. The van der Waals surface area contributed by atoms with E-state index >= 15 is 0 Å². The molecular formula is C10H8O4S2. The highest BCUT2D eigenvalue weighted by Gasteiger charge is 2.20. The van der Waals surface area contributed by atoms with E-state index in [1.807, 2.05) is 6.92 Å². The molecule has 4 nitrogen and oxygen atoms in total. The summed E-state index contributed by atoms with van der Waals surface area (Å²) < 4.78 is 5.71. The Hall–Kier alpha value is -1.40. The molecule has 6 heteroatoms. The number of carboxylic acids is 1. The van der Waals surface area contributed by atoms with E-state index in [0.29, 0.717) is 16.4 Å². The van der Waals surface area contributed by atoms with Crippen molar-refractivity contribution in [1.82, 2.24) is 0 Å². The van der Waals surface area contributed by atoms with Gasteiger partial charge in [0.05, 0.1) is 4.01 Å². The van der Waals surface area contributed by atoms with Crippen molar-refractivity contribution < 1.29 is 19.4 Å². The summed E-state index contributed by atoms with van der Waals surface area (Å²) in [5, 5.41) is 10.4. The predicted octanol–water partition coefficient (Wildman–Crippen LogP) is 2.81. The summed E-state index contributed by atoms with van der Waals surface area (Å²) in [6.45, 7) is 3.98. The Kier molecular flexibility index (Phi) is 2.69. The minimum atomic E-state index is -0.914. The first-order valence-corrected chi connectivity index (χ1v) is 6.05. The molecule has 0 aliphatic carbocycles. The highest BCUT2D eigenvalue weighted by molar-refractivity contribution is 7.40. The highest BCUT2D eigenvalue weighted by atomic mass is 32.2. The number of thiophene rings is 2. The summed E-state index contributed by atoms with van der Waals surface area (Å²) in [5.41, 5.74) is 1.57. The number of rotatable bonds is 3. The van der Waals surface area contributed by atoms with Crippen LogP contribution in [0.25, 0.3) is 9.40 Å². The Morgan fingerprint density at radius 3 is 2.50 bits per heavy atom. The molecule has 0 radical (unpaired) electrons. The standard InChI is InChI=1S/C10H8O4S2/c1-4-6-5(2)9(14-3-11)16-10(6)15-7(4)8(12)13/h3H,1-2H3,(H,12,13). The average molecular weight is 256 g/mol. The van der Waals surface area contributed by atoms with Gasteiger partial charge in [0.1, 0.15) is 4.88 Å². The third-order valence-corrected chi connectivity index (χ3v) is 4.88. The molecule has 1 N–H and O–H groups in total. The lowest BCUT2D eigenvalue weighted by molar-refractivity contribution is -0.120. The lowest BCUT2D eigenvalue weighted by atomic mass is 10.1. The largest absolute Gasteiger partial charge is 0.477 e. The van der Waals surface area contributed by atoms with Gasteiger partial charge in [-0.15, -0.1) is 11.3 Å². The predicted molar refractivity (Wildman–Crippen MR) is 62.8 cm³/mol. The van der Waals surface area contributed by atoms with Crippen LogP contribution in [-0.2, 0) is 4.79 Å². The van der Waals surface area contributed by atoms with Crippen LogP contribution in [-0.4, -0.2) is 17.5 Å². The van der Waals surface area contributed by atoms with Crippen molar-refractivity contribution in [2.75, 3.05) is 0 Å². The van der Waals surface area contributed by atoms with Gasteiger partial charge in [-0.2, -0.15) is 0 Å². The Morgan fingerprint density at radius 2 is 2.00 bits per heavy atom. The van der Waals surface area contributed by atoms with E-state index in [4.69, 9.17) is 9.84 Å². The Bertz CT molecular complexity index is 579. The third-order valence-electron chi connectivity index (χ3n) is 2.33. The van der Waals surface area contributed by atoms with Crippen molar-refractivity contribution in [1.29, 1.82) is 0 Å². The first kappa shape index (κ1) is 11.1. The zero-order chi connectivity index (χ0) is 11.9. The van der Waals surface area contributed by atoms with Crippen molar-refractivity contribution in [2.24, 2.45) is 0 Å². The van der Waals surface area contributed by atoms with Crippen LogP contribution in [0.5, 0.6) is 5.06 Å². The number of fused-ring (bicyclic) bond motifs is 1. The van der Waals surface area contributed by atoms with Crippen molar-refractivity contribution in [3.63, 3.8) is 0 Å². The summed E-state index contributed by atoms with van der Waals surface area (Å²) >= 11 is 2.52. The Morgan fingerprint density at radius 1 is 1.31 bits per heavy atom. The van der Waals surface area contributed by atoms with Crippen LogP contribution in [0.15, 0.2) is 0 Å². The molecule has 0 aromatic carbocycles. The van der Waals surface area contributed by atoms with Gasteiger partial charge >= 0.3 is 5.97 Å². The lowest BCUT2D eigenvalue weighted by Gasteiger charge is -1.96. The molecule has 84 valence electrons. The molecular weight excluding hydrogens is 248 g/mol. The van der Waals surface area contributed by atoms with E-state index in [9.17, 15) is 9.59 Å². The molecule has 16 heavy (non-hydrogen) atoms. The second-order valence-corrected chi connectivity index (χ2v) is 5.51. The summed E-state index contributed by atoms with van der Waals surface area (Å²) in [5.74, 6) is -0.914. The molecule has 0 aliphatic heterocycles. The van der Waals surface area contributed by atoms with Crippen molar-refractivity contribution in [3.05, 3.63) is 16.0 Å². The van der Waals surface area contributed by atoms with Crippen LogP contribution in [0.3, 0.4) is 0 Å². The number of ether oxygens (including phenoxy) is 1. The van der Waals surface area contributed by atoms with Gasteiger partial charge in [0.2, 0.25) is 0 Å². The molecule has 2 heterocycles. The van der Waals surface area contributed by atoms with E-state index in [2.05, 4.69) is 0 Å². The fourth-order valence-electron chi connectivity index (χ4n) is 1.62. The lowest BCUT2D eigenvalue weighted by Crippen LogP contribution is -1.94. The summed E-state index contributed by atoms with van der Waals surface area (Å²) in [6.07, 6.45) is 0. The SMILES string of the molecule is Cc1c(OC=O)sc2sc(C(=O)O)c(C)c12. The first-order valence-electron chi connectivity index (χ1n) is 4.42. The number of aryl methyl sites for hydroxylation is 2. The second-order valence-electron chi connectivity index (χ2n) is 3.25. The highest BCUT2D eigenvalue weighted by Crippen LogP contribution is 2.44. The van der Waals surface area contributed by atoms with E-state index in [1.54, 1.807) is 6.92 Å². The number of carbonyl (C=O) groups excluding carboxylic acids is 1. The quantitative estimate of drug-likeness (QED) is 0.858. The molecule has 0 unspecified atom stereocenters. The third kappa shape index (κ3) is 1.50. The summed E-state index contributed by atoms with van der Waals surface area (Å²) in [7, 11) is 0. The van der Waals surface area contributed by atoms with E-state index in [-0.39, 0.29) is 0 Å². The van der Waals surface area contributed by atoms with Gasteiger partial charge in [0.25, 0.3) is 6.47 Å². The molecule has 2 aromatic rings. The summed E-state index contributed by atoms with van der Waals surface area (Å²) in [6, 6.07) is 0. The average Bonchev–Trinajstić information content (AvgIpc) is 2.68. The molecule has 0 saturated carbocycles. The molecule has 0 saturated heterocycles. The van der Waals surface area contributed by atoms with Crippen LogP contribution in [0.1, 0.15) is 20.8 Å². The fourth-order valence-corrected chi connectivity index (χ4v) is 4.12. The molecule has 0 spiro atoms. The van der Waals surface area contributed by atoms with Gasteiger partial charge in [0.15, 0.2) is 5.06 Å². The topological polar surface area (TPSA) is 63.6 Å². The number of carbonyl (C=O) groups is 2. The van der Waals surface area contributed by atoms with Crippen LogP contribution in [0, 0.1) is 13.8 Å². The van der Waals surface area contributed by atoms with Gasteiger partial charge < -0.3 is 9.84 Å². The zero-order valence-corrected chi connectivity index (χ0v) is 10.2. The van der Waals surface area contributed by atoms with E-state index < -0.39 is 5.97 Å². The molecule has 0 aliphatic rings. The van der Waals surface area contributed by atoms with Gasteiger partial charge in [-0.05, 0) is 19.4 Å². The minimum absolute atomic E-state index is 0.349. The van der Waals surface area contributed by atoms with Gasteiger partial charge in [-0.25, -0.2) is 4.79 Å². The minimum Gasteiger partial charge on any atom is -0.477 e. The van der Waals surface area contributed by atoms with E-state index in [1.165, 1.54) is 22.7 Å². The van der Waals surface area contributed by atoms with Crippen molar-refractivity contribution in [3.8, 4) is 5.06 Å².